The molecule has 0 atom stereocenters. The van der Waals surface area contributed by atoms with Crippen molar-refractivity contribution in [2.45, 2.75) is 71.1 Å². The van der Waals surface area contributed by atoms with Gasteiger partial charge in [-0.05, 0) is 43.4 Å². The Morgan fingerprint density at radius 1 is 0.923 bits per heavy atom. The Morgan fingerprint density at radius 2 is 1.54 bits per heavy atom. The molecule has 26 heavy (non-hydrogen) atoms. The summed E-state index contributed by atoms with van der Waals surface area (Å²) < 4.78 is 10.7. The van der Waals surface area contributed by atoms with Crippen LogP contribution in [-0.2, 0) is 9.47 Å². The molecule has 1 fully saturated rings. The fourth-order valence-electron chi connectivity index (χ4n) is 3.36. The Morgan fingerprint density at radius 3 is 2.23 bits per heavy atom. The first-order valence-corrected chi connectivity index (χ1v) is 10.1. The number of carbonyl (C=O) groups is 2. The lowest BCUT2D eigenvalue weighted by molar-refractivity contribution is 0.0442. The third kappa shape index (κ3) is 7.19. The van der Waals surface area contributed by atoms with Crippen molar-refractivity contribution in [3.63, 3.8) is 0 Å². The van der Waals surface area contributed by atoms with E-state index in [1.54, 1.807) is 24.3 Å². The van der Waals surface area contributed by atoms with E-state index in [-0.39, 0.29) is 11.9 Å². The van der Waals surface area contributed by atoms with E-state index in [1.807, 2.05) is 0 Å². The Balaban J connectivity index is 1.72. The first-order chi connectivity index (χ1) is 12.7. The topological polar surface area (TPSA) is 52.6 Å². The summed E-state index contributed by atoms with van der Waals surface area (Å²) in [5.41, 5.74) is 0.823. The molecule has 0 aromatic heterocycles. The third-order valence-electron chi connectivity index (χ3n) is 4.99. The SMILES string of the molecule is CCCCCCCCOC(=O)c1cccc(C(=O)OCC2CCCC2)c1. The van der Waals surface area contributed by atoms with Gasteiger partial charge in [-0.1, -0.05) is 57.9 Å². The smallest absolute Gasteiger partial charge is 0.338 e. The van der Waals surface area contributed by atoms with Gasteiger partial charge in [0.1, 0.15) is 0 Å². The van der Waals surface area contributed by atoms with E-state index in [2.05, 4.69) is 6.92 Å². The average molecular weight is 360 g/mol. The lowest BCUT2D eigenvalue weighted by Crippen LogP contribution is -2.13. The van der Waals surface area contributed by atoms with Gasteiger partial charge in [-0.25, -0.2) is 9.59 Å². The molecule has 0 radical (unpaired) electrons. The summed E-state index contributed by atoms with van der Waals surface area (Å²) in [6.45, 7) is 3.10. The van der Waals surface area contributed by atoms with Gasteiger partial charge in [0.15, 0.2) is 0 Å². The molecule has 0 heterocycles. The van der Waals surface area contributed by atoms with Crippen LogP contribution >= 0.6 is 0 Å². The maximum absolute atomic E-state index is 12.2. The van der Waals surface area contributed by atoms with E-state index in [0.29, 0.717) is 30.3 Å². The van der Waals surface area contributed by atoms with Crippen molar-refractivity contribution in [3.8, 4) is 0 Å². The van der Waals surface area contributed by atoms with Gasteiger partial charge in [0.25, 0.3) is 0 Å². The highest BCUT2D eigenvalue weighted by Gasteiger charge is 2.18. The van der Waals surface area contributed by atoms with Crippen LogP contribution in [0.5, 0.6) is 0 Å². The summed E-state index contributed by atoms with van der Waals surface area (Å²) in [6, 6.07) is 6.63. The fourth-order valence-corrected chi connectivity index (χ4v) is 3.36. The lowest BCUT2D eigenvalue weighted by atomic mass is 10.1. The van der Waals surface area contributed by atoms with Crippen LogP contribution in [0.2, 0.25) is 0 Å². The zero-order valence-corrected chi connectivity index (χ0v) is 16.0. The van der Waals surface area contributed by atoms with E-state index in [4.69, 9.17) is 9.47 Å². The highest BCUT2D eigenvalue weighted by Crippen LogP contribution is 2.25. The molecule has 0 N–H and O–H groups in total. The lowest BCUT2D eigenvalue weighted by Gasteiger charge is -2.10. The summed E-state index contributed by atoms with van der Waals surface area (Å²) in [5.74, 6) is -0.240. The van der Waals surface area contributed by atoms with Crippen molar-refractivity contribution in [2.24, 2.45) is 5.92 Å². The van der Waals surface area contributed by atoms with Crippen molar-refractivity contribution in [2.75, 3.05) is 13.2 Å². The largest absolute Gasteiger partial charge is 0.462 e. The van der Waals surface area contributed by atoms with E-state index in [0.717, 1.165) is 25.7 Å². The van der Waals surface area contributed by atoms with Crippen LogP contribution < -0.4 is 0 Å². The molecule has 144 valence electrons. The van der Waals surface area contributed by atoms with Crippen LogP contribution in [0.15, 0.2) is 24.3 Å². The maximum Gasteiger partial charge on any atom is 0.338 e. The van der Waals surface area contributed by atoms with E-state index in [9.17, 15) is 9.59 Å². The molecule has 0 spiro atoms. The standard InChI is InChI=1S/C22H32O4/c1-2-3-4-5-6-9-15-25-21(23)19-13-10-14-20(16-19)22(24)26-17-18-11-7-8-12-18/h10,13-14,16,18H,2-9,11-12,15,17H2,1H3. The molecular formula is C22H32O4. The molecule has 0 unspecified atom stereocenters. The minimum absolute atomic E-state index is 0.359. The normalized spacial score (nSPS) is 14.3. The second-order valence-corrected chi connectivity index (χ2v) is 7.23. The minimum Gasteiger partial charge on any atom is -0.462 e. The monoisotopic (exact) mass is 360 g/mol. The van der Waals surface area contributed by atoms with Crippen LogP contribution in [0.1, 0.15) is 91.8 Å². The first-order valence-electron chi connectivity index (χ1n) is 10.1. The molecule has 2 rings (SSSR count). The molecule has 0 bridgehead atoms. The molecular weight excluding hydrogens is 328 g/mol. The van der Waals surface area contributed by atoms with Gasteiger partial charge >= 0.3 is 11.9 Å². The van der Waals surface area contributed by atoms with Crippen LogP contribution in [0.4, 0.5) is 0 Å². The number of hydrogen-bond donors (Lipinski definition) is 0. The molecule has 0 aliphatic heterocycles. The van der Waals surface area contributed by atoms with Gasteiger partial charge in [-0.3, -0.25) is 0 Å². The number of ether oxygens (including phenoxy) is 2. The van der Waals surface area contributed by atoms with Crippen molar-refractivity contribution < 1.29 is 19.1 Å². The van der Waals surface area contributed by atoms with Crippen LogP contribution in [-0.4, -0.2) is 25.2 Å². The molecule has 0 amide bonds. The number of carbonyl (C=O) groups excluding carboxylic acids is 2. The van der Waals surface area contributed by atoms with Crippen LogP contribution in [0, 0.1) is 5.92 Å². The summed E-state index contributed by atoms with van der Waals surface area (Å²) >= 11 is 0. The number of rotatable bonds is 11. The predicted molar refractivity (Wildman–Crippen MR) is 102 cm³/mol. The zero-order valence-electron chi connectivity index (χ0n) is 16.0. The van der Waals surface area contributed by atoms with Crippen LogP contribution in [0.25, 0.3) is 0 Å². The summed E-state index contributed by atoms with van der Waals surface area (Å²) in [7, 11) is 0. The van der Waals surface area contributed by atoms with Gasteiger partial charge in [-0.2, -0.15) is 0 Å². The number of unbranched alkanes of at least 4 members (excludes halogenated alkanes) is 5. The van der Waals surface area contributed by atoms with Crippen molar-refractivity contribution in [1.82, 2.24) is 0 Å². The molecule has 4 heteroatoms. The molecule has 4 nitrogen and oxygen atoms in total. The fraction of sp³-hybridized carbons (Fsp3) is 0.636. The second-order valence-electron chi connectivity index (χ2n) is 7.23. The molecule has 1 aromatic carbocycles. The molecule has 1 aliphatic rings. The third-order valence-corrected chi connectivity index (χ3v) is 4.99. The summed E-state index contributed by atoms with van der Waals surface area (Å²) in [4.78, 5) is 24.3. The van der Waals surface area contributed by atoms with E-state index >= 15 is 0 Å². The van der Waals surface area contributed by atoms with Gasteiger partial charge < -0.3 is 9.47 Å². The van der Waals surface area contributed by atoms with Crippen LogP contribution in [0.3, 0.4) is 0 Å². The number of benzene rings is 1. The van der Waals surface area contributed by atoms with Gasteiger partial charge in [0, 0.05) is 0 Å². The minimum atomic E-state index is -0.371. The second kappa shape index (κ2) is 11.7. The summed E-state index contributed by atoms with van der Waals surface area (Å²) in [6.07, 6.45) is 11.6. The Labute approximate surface area is 157 Å². The Kier molecular flexibility index (Phi) is 9.22. The molecule has 1 saturated carbocycles. The Bertz CT molecular complexity index is 561. The highest BCUT2D eigenvalue weighted by molar-refractivity contribution is 5.95. The number of esters is 2. The number of hydrogen-bond acceptors (Lipinski definition) is 4. The first kappa shape index (κ1) is 20.5. The van der Waals surface area contributed by atoms with E-state index < -0.39 is 0 Å². The average Bonchev–Trinajstić information content (AvgIpc) is 3.19. The van der Waals surface area contributed by atoms with Crippen molar-refractivity contribution in [1.29, 1.82) is 0 Å². The van der Waals surface area contributed by atoms with Gasteiger partial charge in [0.2, 0.25) is 0 Å². The summed E-state index contributed by atoms with van der Waals surface area (Å²) in [5, 5.41) is 0. The molecule has 0 saturated heterocycles. The Hall–Kier alpha value is -1.84. The van der Waals surface area contributed by atoms with Gasteiger partial charge in [0.05, 0.1) is 24.3 Å². The molecule has 1 aromatic rings. The van der Waals surface area contributed by atoms with Crippen molar-refractivity contribution in [3.05, 3.63) is 35.4 Å². The van der Waals surface area contributed by atoms with E-state index in [1.165, 1.54) is 38.5 Å². The van der Waals surface area contributed by atoms with Crippen molar-refractivity contribution >= 4 is 11.9 Å². The quantitative estimate of drug-likeness (QED) is 0.383. The zero-order chi connectivity index (χ0) is 18.6. The molecule has 1 aliphatic carbocycles. The predicted octanol–water partition coefficient (Wildman–Crippen LogP) is 5.55. The highest BCUT2D eigenvalue weighted by atomic mass is 16.5. The maximum atomic E-state index is 12.2. The van der Waals surface area contributed by atoms with Gasteiger partial charge in [-0.15, -0.1) is 0 Å².